The van der Waals surface area contributed by atoms with Gasteiger partial charge in [0.2, 0.25) is 5.91 Å². The lowest BCUT2D eigenvalue weighted by atomic mass is 10.0. The van der Waals surface area contributed by atoms with Crippen molar-refractivity contribution in [3.8, 4) is 0 Å². The molecule has 3 rings (SSSR count). The number of carbonyl (C=O) groups is 1. The van der Waals surface area contributed by atoms with Crippen LogP contribution in [0.3, 0.4) is 0 Å². The Morgan fingerprint density at radius 1 is 1.20 bits per heavy atom. The highest BCUT2D eigenvalue weighted by Gasteiger charge is 2.49. The van der Waals surface area contributed by atoms with Gasteiger partial charge in [-0.25, -0.2) is 0 Å². The van der Waals surface area contributed by atoms with Crippen LogP contribution in [0, 0.1) is 17.8 Å². The summed E-state index contributed by atoms with van der Waals surface area (Å²) in [6.45, 7) is 4.72. The first-order chi connectivity index (χ1) is 9.60. The first kappa shape index (κ1) is 13.6. The van der Waals surface area contributed by atoms with Gasteiger partial charge < -0.3 is 10.6 Å². The normalized spacial score (nSPS) is 27.5. The molecule has 3 heteroatoms. The maximum atomic E-state index is 12.8. The van der Waals surface area contributed by atoms with Gasteiger partial charge in [-0.05, 0) is 62.6 Å². The molecular formula is C17H24N2O. The highest BCUT2D eigenvalue weighted by atomic mass is 16.2. The van der Waals surface area contributed by atoms with Gasteiger partial charge >= 0.3 is 0 Å². The van der Waals surface area contributed by atoms with Gasteiger partial charge in [0.15, 0.2) is 0 Å². The van der Waals surface area contributed by atoms with E-state index in [4.69, 9.17) is 5.73 Å². The molecule has 3 nitrogen and oxygen atoms in total. The molecule has 2 saturated carbocycles. The molecule has 1 amide bonds. The predicted molar refractivity (Wildman–Crippen MR) is 81.3 cm³/mol. The van der Waals surface area contributed by atoms with Gasteiger partial charge in [-0.2, -0.15) is 0 Å². The fourth-order valence-corrected chi connectivity index (χ4v) is 3.59. The van der Waals surface area contributed by atoms with Crippen LogP contribution < -0.4 is 10.6 Å². The van der Waals surface area contributed by atoms with Gasteiger partial charge in [0, 0.05) is 24.2 Å². The van der Waals surface area contributed by atoms with Crippen LogP contribution >= 0.6 is 0 Å². The minimum atomic E-state index is 0.197. The number of fused-ring (bicyclic) bond motifs is 1. The Balaban J connectivity index is 1.78. The zero-order valence-electron chi connectivity index (χ0n) is 12.4. The van der Waals surface area contributed by atoms with E-state index in [-0.39, 0.29) is 12.0 Å². The molecule has 0 radical (unpaired) electrons. The minimum Gasteiger partial charge on any atom is -0.326 e. The molecular weight excluding hydrogens is 248 g/mol. The molecule has 2 fully saturated rings. The second-order valence-corrected chi connectivity index (χ2v) is 6.60. The molecule has 2 unspecified atom stereocenters. The molecule has 20 heavy (non-hydrogen) atoms. The summed E-state index contributed by atoms with van der Waals surface area (Å²) < 4.78 is 0. The van der Waals surface area contributed by atoms with Crippen molar-refractivity contribution in [3.63, 3.8) is 0 Å². The SMILES string of the molecule is CC(C)N(C(=O)C1CC2CC2C1)c1ccc(CN)cc1. The zero-order chi connectivity index (χ0) is 14.3. The molecule has 0 saturated heterocycles. The van der Waals surface area contributed by atoms with Crippen LogP contribution in [0.4, 0.5) is 5.69 Å². The highest BCUT2D eigenvalue weighted by molar-refractivity contribution is 5.95. The van der Waals surface area contributed by atoms with Crippen molar-refractivity contribution < 1.29 is 4.79 Å². The van der Waals surface area contributed by atoms with Crippen LogP contribution in [0.15, 0.2) is 24.3 Å². The molecule has 0 bridgehead atoms. The molecule has 2 aliphatic rings. The van der Waals surface area contributed by atoms with Crippen molar-refractivity contribution in [1.29, 1.82) is 0 Å². The molecule has 0 aliphatic heterocycles. The van der Waals surface area contributed by atoms with Crippen molar-refractivity contribution in [2.24, 2.45) is 23.5 Å². The van der Waals surface area contributed by atoms with E-state index in [2.05, 4.69) is 13.8 Å². The quantitative estimate of drug-likeness (QED) is 0.916. The van der Waals surface area contributed by atoms with Crippen molar-refractivity contribution >= 4 is 11.6 Å². The van der Waals surface area contributed by atoms with Crippen LogP contribution in [0.2, 0.25) is 0 Å². The highest BCUT2D eigenvalue weighted by Crippen LogP contribution is 2.54. The van der Waals surface area contributed by atoms with E-state index < -0.39 is 0 Å². The number of rotatable bonds is 4. The molecule has 0 aromatic heterocycles. The van der Waals surface area contributed by atoms with E-state index in [1.807, 2.05) is 29.2 Å². The first-order valence-corrected chi connectivity index (χ1v) is 7.72. The summed E-state index contributed by atoms with van der Waals surface area (Å²) >= 11 is 0. The number of nitrogens with zero attached hydrogens (tertiary/aromatic N) is 1. The Bertz CT molecular complexity index is 484. The standard InChI is InChI=1S/C17H24N2O/c1-11(2)19(16-5-3-12(10-18)4-6-16)17(20)15-8-13-7-14(13)9-15/h3-6,11,13-15H,7-10,18H2,1-2H3. The van der Waals surface area contributed by atoms with Crippen LogP contribution in [0.1, 0.15) is 38.7 Å². The topological polar surface area (TPSA) is 46.3 Å². The maximum Gasteiger partial charge on any atom is 0.230 e. The Morgan fingerprint density at radius 2 is 1.80 bits per heavy atom. The van der Waals surface area contributed by atoms with E-state index in [0.717, 1.165) is 35.9 Å². The molecule has 0 heterocycles. The van der Waals surface area contributed by atoms with Crippen LogP contribution in [0.25, 0.3) is 0 Å². The van der Waals surface area contributed by atoms with Gasteiger partial charge in [-0.15, -0.1) is 0 Å². The second-order valence-electron chi connectivity index (χ2n) is 6.60. The lowest BCUT2D eigenvalue weighted by molar-refractivity contribution is -0.122. The van der Waals surface area contributed by atoms with E-state index >= 15 is 0 Å². The summed E-state index contributed by atoms with van der Waals surface area (Å²) in [5, 5.41) is 0. The Hall–Kier alpha value is -1.35. The van der Waals surface area contributed by atoms with Crippen molar-refractivity contribution in [2.45, 2.75) is 45.7 Å². The number of benzene rings is 1. The number of hydrogen-bond donors (Lipinski definition) is 1. The largest absolute Gasteiger partial charge is 0.326 e. The second kappa shape index (κ2) is 5.21. The molecule has 2 atom stereocenters. The van der Waals surface area contributed by atoms with Gasteiger partial charge in [0.1, 0.15) is 0 Å². The smallest absolute Gasteiger partial charge is 0.230 e. The summed E-state index contributed by atoms with van der Waals surface area (Å²) in [7, 11) is 0. The number of anilines is 1. The molecule has 2 aliphatic carbocycles. The summed E-state index contributed by atoms with van der Waals surface area (Å²) in [5.74, 6) is 2.25. The van der Waals surface area contributed by atoms with Crippen LogP contribution in [-0.4, -0.2) is 11.9 Å². The fraction of sp³-hybridized carbons (Fsp3) is 0.588. The van der Waals surface area contributed by atoms with Crippen molar-refractivity contribution in [1.82, 2.24) is 0 Å². The predicted octanol–water partition coefficient (Wildman–Crippen LogP) is 2.93. The average Bonchev–Trinajstić information content (AvgIpc) is 3.05. The third-order valence-corrected chi connectivity index (χ3v) is 4.80. The van der Waals surface area contributed by atoms with Gasteiger partial charge in [-0.1, -0.05) is 12.1 Å². The molecule has 108 valence electrons. The van der Waals surface area contributed by atoms with Crippen molar-refractivity contribution in [2.75, 3.05) is 4.90 Å². The fourth-order valence-electron chi connectivity index (χ4n) is 3.59. The van der Waals surface area contributed by atoms with E-state index in [1.165, 1.54) is 6.42 Å². The zero-order valence-corrected chi connectivity index (χ0v) is 12.4. The Morgan fingerprint density at radius 3 is 2.30 bits per heavy atom. The van der Waals surface area contributed by atoms with E-state index in [9.17, 15) is 4.79 Å². The monoisotopic (exact) mass is 272 g/mol. The summed E-state index contributed by atoms with van der Waals surface area (Å²) in [6.07, 6.45) is 3.57. The maximum absolute atomic E-state index is 12.8. The minimum absolute atomic E-state index is 0.197. The molecule has 2 N–H and O–H groups in total. The van der Waals surface area contributed by atoms with Crippen molar-refractivity contribution in [3.05, 3.63) is 29.8 Å². The van der Waals surface area contributed by atoms with E-state index in [0.29, 0.717) is 12.5 Å². The average molecular weight is 272 g/mol. The summed E-state index contributed by atoms with van der Waals surface area (Å²) in [6, 6.07) is 8.28. The van der Waals surface area contributed by atoms with E-state index in [1.54, 1.807) is 0 Å². The lowest BCUT2D eigenvalue weighted by Gasteiger charge is -2.30. The Labute approximate surface area is 121 Å². The number of hydrogen-bond acceptors (Lipinski definition) is 2. The summed E-state index contributed by atoms with van der Waals surface area (Å²) in [4.78, 5) is 14.8. The molecule has 1 aromatic rings. The number of amides is 1. The molecule has 1 aromatic carbocycles. The third-order valence-electron chi connectivity index (χ3n) is 4.80. The Kier molecular flexibility index (Phi) is 3.55. The summed E-state index contributed by atoms with van der Waals surface area (Å²) in [5.41, 5.74) is 7.74. The van der Waals surface area contributed by atoms with Crippen LogP contribution in [0.5, 0.6) is 0 Å². The lowest BCUT2D eigenvalue weighted by Crippen LogP contribution is -2.40. The van der Waals surface area contributed by atoms with Crippen LogP contribution in [-0.2, 0) is 11.3 Å². The third kappa shape index (κ3) is 2.47. The number of nitrogens with two attached hydrogens (primary N) is 1. The number of carbonyl (C=O) groups excluding carboxylic acids is 1. The van der Waals surface area contributed by atoms with Gasteiger partial charge in [0.05, 0.1) is 0 Å². The molecule has 0 spiro atoms. The van der Waals surface area contributed by atoms with Gasteiger partial charge in [-0.3, -0.25) is 4.79 Å². The van der Waals surface area contributed by atoms with Gasteiger partial charge in [0.25, 0.3) is 0 Å². The first-order valence-electron chi connectivity index (χ1n) is 7.72.